The van der Waals surface area contributed by atoms with Crippen LogP contribution < -0.4 is 11.1 Å². The number of ether oxygens (including phenoxy) is 1. The summed E-state index contributed by atoms with van der Waals surface area (Å²) >= 11 is 0. The molecular formula is C12H21N3O2. The van der Waals surface area contributed by atoms with Crippen LogP contribution in [0, 0.1) is 5.92 Å². The number of likely N-dealkylation sites (tertiary alicyclic amines) is 1. The molecule has 2 heterocycles. The van der Waals surface area contributed by atoms with Gasteiger partial charge >= 0.3 is 6.03 Å². The fraction of sp³-hybridized carbons (Fsp3) is 0.917. The van der Waals surface area contributed by atoms with E-state index in [4.69, 9.17) is 10.5 Å². The summed E-state index contributed by atoms with van der Waals surface area (Å²) in [7, 11) is 0. The second-order valence-corrected chi connectivity index (χ2v) is 5.39. The lowest BCUT2D eigenvalue weighted by Crippen LogP contribution is -2.72. The molecule has 3 aliphatic rings. The summed E-state index contributed by atoms with van der Waals surface area (Å²) in [4.78, 5) is 13.9. The standard InChI is InChI=1S/C12H21N3O2/c13-9-8-4-3-7-17-11(8)10(9)14-12(16)15-5-1-2-6-15/h8-11H,1-7,13H2,(H,14,16). The Morgan fingerprint density at radius 3 is 2.82 bits per heavy atom. The lowest BCUT2D eigenvalue weighted by Gasteiger charge is -2.52. The molecule has 3 rings (SSSR count). The van der Waals surface area contributed by atoms with Gasteiger partial charge in [0.05, 0.1) is 12.1 Å². The summed E-state index contributed by atoms with van der Waals surface area (Å²) in [6, 6.07) is 0.135. The molecule has 5 nitrogen and oxygen atoms in total. The second-order valence-electron chi connectivity index (χ2n) is 5.39. The van der Waals surface area contributed by atoms with Crippen molar-refractivity contribution < 1.29 is 9.53 Å². The summed E-state index contributed by atoms with van der Waals surface area (Å²) in [6.07, 6.45) is 4.63. The normalized spacial score (nSPS) is 40.6. The largest absolute Gasteiger partial charge is 0.376 e. The van der Waals surface area contributed by atoms with Crippen molar-refractivity contribution in [3.05, 3.63) is 0 Å². The number of carbonyl (C=O) groups is 1. The van der Waals surface area contributed by atoms with Gasteiger partial charge in [-0.1, -0.05) is 0 Å². The Balaban J connectivity index is 1.56. The molecule has 0 aromatic rings. The Morgan fingerprint density at radius 2 is 2.06 bits per heavy atom. The Morgan fingerprint density at radius 1 is 1.29 bits per heavy atom. The predicted molar refractivity (Wildman–Crippen MR) is 63.6 cm³/mol. The van der Waals surface area contributed by atoms with Gasteiger partial charge in [0, 0.05) is 31.7 Å². The van der Waals surface area contributed by atoms with E-state index in [9.17, 15) is 4.79 Å². The molecule has 1 saturated carbocycles. The highest BCUT2D eigenvalue weighted by Crippen LogP contribution is 2.37. The molecule has 5 heteroatoms. The third-order valence-corrected chi connectivity index (χ3v) is 4.36. The summed E-state index contributed by atoms with van der Waals surface area (Å²) in [6.45, 7) is 2.56. The monoisotopic (exact) mass is 239 g/mol. The Hall–Kier alpha value is -0.810. The quantitative estimate of drug-likeness (QED) is 0.691. The van der Waals surface area contributed by atoms with Gasteiger partial charge in [-0.3, -0.25) is 0 Å². The Kier molecular flexibility index (Phi) is 2.96. The number of fused-ring (bicyclic) bond motifs is 1. The van der Waals surface area contributed by atoms with Crippen LogP contribution in [0.3, 0.4) is 0 Å². The van der Waals surface area contributed by atoms with Gasteiger partial charge in [-0.25, -0.2) is 4.79 Å². The smallest absolute Gasteiger partial charge is 0.317 e. The van der Waals surface area contributed by atoms with Gasteiger partial charge in [0.2, 0.25) is 0 Å². The number of amides is 2. The van der Waals surface area contributed by atoms with Crippen LogP contribution in [0.15, 0.2) is 0 Å². The molecule has 0 spiro atoms. The minimum atomic E-state index is 0.0217. The van der Waals surface area contributed by atoms with Crippen LogP contribution in [0.2, 0.25) is 0 Å². The first-order chi connectivity index (χ1) is 8.27. The molecule has 0 radical (unpaired) electrons. The molecule has 0 aromatic carbocycles. The molecule has 4 unspecified atom stereocenters. The lowest BCUT2D eigenvalue weighted by atomic mass is 9.69. The van der Waals surface area contributed by atoms with Crippen LogP contribution >= 0.6 is 0 Å². The fourth-order valence-electron chi connectivity index (χ4n) is 3.28. The zero-order valence-electron chi connectivity index (χ0n) is 10.1. The first kappa shape index (κ1) is 11.3. The van der Waals surface area contributed by atoms with Crippen molar-refractivity contribution in [2.75, 3.05) is 19.7 Å². The average Bonchev–Trinajstić information content (AvgIpc) is 2.89. The highest BCUT2D eigenvalue weighted by Gasteiger charge is 2.51. The highest BCUT2D eigenvalue weighted by molar-refractivity contribution is 5.75. The molecule has 2 saturated heterocycles. The van der Waals surface area contributed by atoms with Gasteiger partial charge in [0.25, 0.3) is 0 Å². The van der Waals surface area contributed by atoms with Crippen LogP contribution in [0.1, 0.15) is 25.7 Å². The summed E-state index contributed by atoms with van der Waals surface area (Å²) in [5, 5.41) is 3.04. The summed E-state index contributed by atoms with van der Waals surface area (Å²) in [5.74, 6) is 0.452. The van der Waals surface area contributed by atoms with Crippen molar-refractivity contribution in [3.63, 3.8) is 0 Å². The predicted octanol–water partition coefficient (Wildman–Crippen LogP) is 0.296. The summed E-state index contributed by atoms with van der Waals surface area (Å²) < 4.78 is 5.71. The fourth-order valence-corrected chi connectivity index (χ4v) is 3.28. The molecule has 2 amide bonds. The van der Waals surface area contributed by atoms with Crippen molar-refractivity contribution in [2.24, 2.45) is 11.7 Å². The molecular weight excluding hydrogens is 218 g/mol. The number of rotatable bonds is 1. The van der Waals surface area contributed by atoms with Gasteiger partial charge in [-0.15, -0.1) is 0 Å². The molecule has 1 aliphatic carbocycles. The molecule has 4 atom stereocenters. The number of carbonyl (C=O) groups excluding carboxylic acids is 1. The third kappa shape index (κ3) is 1.91. The maximum absolute atomic E-state index is 12.0. The molecule has 0 aromatic heterocycles. The van der Waals surface area contributed by atoms with Crippen molar-refractivity contribution in [2.45, 2.75) is 43.9 Å². The van der Waals surface area contributed by atoms with Crippen LogP contribution in [0.25, 0.3) is 0 Å². The molecule has 2 aliphatic heterocycles. The molecule has 3 fully saturated rings. The molecule has 3 N–H and O–H groups in total. The summed E-state index contributed by atoms with van der Waals surface area (Å²) in [5.41, 5.74) is 6.11. The first-order valence-corrected chi connectivity index (χ1v) is 6.70. The van der Waals surface area contributed by atoms with Crippen LogP contribution in [-0.2, 0) is 4.74 Å². The molecule has 17 heavy (non-hydrogen) atoms. The number of hydrogen-bond acceptors (Lipinski definition) is 3. The van der Waals surface area contributed by atoms with Crippen molar-refractivity contribution in [1.82, 2.24) is 10.2 Å². The van der Waals surface area contributed by atoms with E-state index < -0.39 is 0 Å². The van der Waals surface area contributed by atoms with E-state index >= 15 is 0 Å². The number of nitrogens with zero attached hydrogens (tertiary/aromatic N) is 1. The van der Waals surface area contributed by atoms with Gasteiger partial charge in [-0.2, -0.15) is 0 Å². The number of hydrogen-bond donors (Lipinski definition) is 2. The average molecular weight is 239 g/mol. The minimum absolute atomic E-state index is 0.0217. The highest BCUT2D eigenvalue weighted by atomic mass is 16.5. The van der Waals surface area contributed by atoms with E-state index in [0.29, 0.717) is 5.92 Å². The van der Waals surface area contributed by atoms with Gasteiger partial charge in [0.1, 0.15) is 0 Å². The van der Waals surface area contributed by atoms with Crippen molar-refractivity contribution >= 4 is 6.03 Å². The van der Waals surface area contributed by atoms with E-state index in [1.165, 1.54) is 0 Å². The molecule has 0 bridgehead atoms. The van der Waals surface area contributed by atoms with Gasteiger partial charge in [0.15, 0.2) is 0 Å². The zero-order chi connectivity index (χ0) is 11.8. The van der Waals surface area contributed by atoms with Gasteiger partial charge < -0.3 is 20.7 Å². The Bertz CT molecular complexity index is 304. The zero-order valence-corrected chi connectivity index (χ0v) is 10.1. The van der Waals surface area contributed by atoms with Crippen LogP contribution in [0.4, 0.5) is 4.79 Å². The second kappa shape index (κ2) is 4.46. The van der Waals surface area contributed by atoms with Crippen molar-refractivity contribution in [3.8, 4) is 0 Å². The number of nitrogens with two attached hydrogens (primary N) is 1. The van der Waals surface area contributed by atoms with E-state index in [1.54, 1.807) is 0 Å². The number of nitrogens with one attached hydrogen (secondary N) is 1. The maximum Gasteiger partial charge on any atom is 0.317 e. The topological polar surface area (TPSA) is 67.6 Å². The first-order valence-electron chi connectivity index (χ1n) is 6.70. The molecule has 96 valence electrons. The van der Waals surface area contributed by atoms with Crippen LogP contribution in [-0.4, -0.2) is 48.8 Å². The van der Waals surface area contributed by atoms with Crippen molar-refractivity contribution in [1.29, 1.82) is 0 Å². The van der Waals surface area contributed by atoms with E-state index in [-0.39, 0.29) is 24.2 Å². The lowest BCUT2D eigenvalue weighted by molar-refractivity contribution is -0.117. The van der Waals surface area contributed by atoms with E-state index in [0.717, 1.165) is 45.4 Å². The van der Waals surface area contributed by atoms with E-state index in [1.807, 2.05) is 4.90 Å². The third-order valence-electron chi connectivity index (χ3n) is 4.36. The van der Waals surface area contributed by atoms with Crippen LogP contribution in [0.5, 0.6) is 0 Å². The Labute approximate surface area is 102 Å². The number of urea groups is 1. The van der Waals surface area contributed by atoms with E-state index in [2.05, 4.69) is 5.32 Å². The SMILES string of the molecule is NC1C2CCCOC2C1NC(=O)N1CCCC1. The maximum atomic E-state index is 12.0. The minimum Gasteiger partial charge on any atom is -0.376 e. The van der Waals surface area contributed by atoms with Gasteiger partial charge in [-0.05, 0) is 25.7 Å².